The quantitative estimate of drug-likeness (QED) is 0.240. The number of carboxylic acid groups (broad SMARTS) is 2. The average molecular weight is 537 g/mol. The summed E-state index contributed by atoms with van der Waals surface area (Å²) in [6.07, 6.45) is 0.286. The number of hydrogen-bond acceptors (Lipinski definition) is 8. The highest BCUT2D eigenvalue weighted by Gasteiger charge is 2.38. The van der Waals surface area contributed by atoms with Gasteiger partial charge in [0.15, 0.2) is 5.78 Å². The smallest absolute Gasteiger partial charge is 0.336 e. The van der Waals surface area contributed by atoms with E-state index in [1.807, 2.05) is 6.92 Å². The Kier molecular flexibility index (Phi) is 11.3. The summed E-state index contributed by atoms with van der Waals surface area (Å²) >= 11 is 6.51. The van der Waals surface area contributed by atoms with Gasteiger partial charge in [0.25, 0.3) is 0 Å². The van der Waals surface area contributed by atoms with Crippen molar-refractivity contribution in [2.24, 2.45) is 0 Å². The number of carboxylic acids is 2. The molecule has 0 radical (unpaired) electrons. The Bertz CT molecular complexity index is 1100. The fourth-order valence-electron chi connectivity index (χ4n) is 4.24. The highest BCUT2D eigenvalue weighted by atomic mass is 35.5. The van der Waals surface area contributed by atoms with Crippen LogP contribution in [0.5, 0.6) is 0 Å². The van der Waals surface area contributed by atoms with Crippen LogP contribution in [0.4, 0.5) is 0 Å². The number of rotatable bonds is 14. The molecule has 0 bridgehead atoms. The van der Waals surface area contributed by atoms with Gasteiger partial charge in [-0.1, -0.05) is 36.7 Å². The van der Waals surface area contributed by atoms with E-state index in [2.05, 4.69) is 5.32 Å². The molecule has 0 saturated carbocycles. The van der Waals surface area contributed by atoms with Crippen LogP contribution in [0.3, 0.4) is 0 Å². The van der Waals surface area contributed by atoms with Crippen LogP contribution in [0.1, 0.15) is 44.6 Å². The van der Waals surface area contributed by atoms with Crippen LogP contribution in [0.25, 0.3) is 0 Å². The van der Waals surface area contributed by atoms with Crippen molar-refractivity contribution >= 4 is 35.3 Å². The molecule has 37 heavy (non-hydrogen) atoms. The van der Waals surface area contributed by atoms with Crippen LogP contribution >= 0.6 is 11.6 Å². The number of carbonyl (C=O) groups is 4. The third-order valence-corrected chi connectivity index (χ3v) is 6.41. The molecular weight excluding hydrogens is 504 g/mol. The van der Waals surface area contributed by atoms with E-state index in [1.165, 1.54) is 19.1 Å². The first-order valence-corrected chi connectivity index (χ1v) is 12.2. The van der Waals surface area contributed by atoms with Gasteiger partial charge in [0, 0.05) is 40.9 Å². The number of Topliss-reactive ketones (excluding diaryl/α,β-unsaturated/α-hetero) is 1. The molecule has 2 rings (SSSR count). The van der Waals surface area contributed by atoms with Crippen molar-refractivity contribution in [1.29, 1.82) is 0 Å². The van der Waals surface area contributed by atoms with Gasteiger partial charge in [-0.25, -0.2) is 4.79 Å². The van der Waals surface area contributed by atoms with E-state index in [0.717, 1.165) is 0 Å². The maximum Gasteiger partial charge on any atom is 0.336 e. The molecule has 0 aromatic heterocycles. The Morgan fingerprint density at radius 1 is 1.16 bits per heavy atom. The number of allylic oxidation sites excluding steroid dienone is 2. The number of halogens is 1. The van der Waals surface area contributed by atoms with Crippen molar-refractivity contribution in [3.8, 4) is 0 Å². The molecule has 2 atom stereocenters. The van der Waals surface area contributed by atoms with Crippen LogP contribution in [0.2, 0.25) is 5.02 Å². The Hall–Kier alpha value is -3.21. The van der Waals surface area contributed by atoms with Gasteiger partial charge >= 0.3 is 17.9 Å². The van der Waals surface area contributed by atoms with Crippen LogP contribution in [-0.4, -0.2) is 78.8 Å². The molecule has 0 amide bonds. The molecule has 11 heteroatoms. The van der Waals surface area contributed by atoms with Crippen molar-refractivity contribution in [1.82, 2.24) is 10.2 Å². The lowest BCUT2D eigenvalue weighted by molar-refractivity contribution is -0.149. The molecule has 0 aliphatic carbocycles. The summed E-state index contributed by atoms with van der Waals surface area (Å²) in [5, 5.41) is 21.8. The number of dihydropyridines is 1. The lowest BCUT2D eigenvalue weighted by Gasteiger charge is -2.32. The van der Waals surface area contributed by atoms with Crippen LogP contribution in [0, 0.1) is 0 Å². The Morgan fingerprint density at radius 2 is 1.84 bits per heavy atom. The fourth-order valence-corrected chi connectivity index (χ4v) is 4.48. The average Bonchev–Trinajstić information content (AvgIpc) is 2.84. The molecule has 1 aromatic carbocycles. The second-order valence-corrected chi connectivity index (χ2v) is 9.07. The molecule has 1 aliphatic rings. The topological polar surface area (TPSA) is 142 Å². The minimum absolute atomic E-state index is 0.0258. The maximum absolute atomic E-state index is 13.4. The molecule has 202 valence electrons. The van der Waals surface area contributed by atoms with Crippen molar-refractivity contribution in [3.05, 3.63) is 57.4 Å². The summed E-state index contributed by atoms with van der Waals surface area (Å²) in [4.78, 5) is 50.0. The molecule has 10 nitrogen and oxygen atoms in total. The van der Waals surface area contributed by atoms with E-state index in [0.29, 0.717) is 34.0 Å². The molecule has 1 aliphatic heterocycles. The SMILES string of the molecule is CCCC(=O)C1=C(COCCN(C)C(CC(=O)O)C(=O)O)NC(C)=C(C(=O)OC)C1c1ccccc1Cl. The van der Waals surface area contributed by atoms with E-state index < -0.39 is 36.3 Å². The monoisotopic (exact) mass is 536 g/mol. The first kappa shape index (κ1) is 30.0. The Morgan fingerprint density at radius 3 is 2.41 bits per heavy atom. The number of hydrogen-bond donors (Lipinski definition) is 3. The number of carbonyl (C=O) groups excluding carboxylic acids is 2. The maximum atomic E-state index is 13.4. The molecule has 0 fully saturated rings. The highest BCUT2D eigenvalue weighted by Crippen LogP contribution is 2.42. The third-order valence-electron chi connectivity index (χ3n) is 6.06. The zero-order chi connectivity index (χ0) is 27.7. The first-order chi connectivity index (χ1) is 17.5. The summed E-state index contributed by atoms with van der Waals surface area (Å²) < 4.78 is 10.8. The van der Waals surface area contributed by atoms with Gasteiger partial charge < -0.3 is 25.0 Å². The van der Waals surface area contributed by atoms with Crippen molar-refractivity contribution < 1.29 is 38.9 Å². The number of likely N-dealkylation sites (N-methyl/N-ethyl adjacent to an activating group) is 1. The molecule has 0 spiro atoms. The van der Waals surface area contributed by atoms with Gasteiger partial charge in [0.1, 0.15) is 6.04 Å². The molecule has 2 unspecified atom stereocenters. The summed E-state index contributed by atoms with van der Waals surface area (Å²) in [5.41, 5.74) is 2.17. The summed E-state index contributed by atoms with van der Waals surface area (Å²) in [6, 6.07) is 5.78. The number of methoxy groups -OCH3 is 1. The van der Waals surface area contributed by atoms with E-state index in [9.17, 15) is 24.3 Å². The minimum Gasteiger partial charge on any atom is -0.481 e. The molecule has 0 saturated heterocycles. The highest BCUT2D eigenvalue weighted by molar-refractivity contribution is 6.31. The zero-order valence-corrected chi connectivity index (χ0v) is 22.1. The van der Waals surface area contributed by atoms with E-state index in [-0.39, 0.29) is 37.5 Å². The zero-order valence-electron chi connectivity index (χ0n) is 21.4. The fraction of sp³-hybridized carbons (Fsp3) is 0.462. The summed E-state index contributed by atoms with van der Waals surface area (Å²) in [5.74, 6) is -3.99. The third kappa shape index (κ3) is 7.64. The van der Waals surface area contributed by atoms with E-state index in [4.69, 9.17) is 26.2 Å². The first-order valence-electron chi connectivity index (χ1n) is 11.8. The predicted molar refractivity (Wildman–Crippen MR) is 136 cm³/mol. The van der Waals surface area contributed by atoms with E-state index in [1.54, 1.807) is 31.2 Å². The predicted octanol–water partition coefficient (Wildman–Crippen LogP) is 2.97. The van der Waals surface area contributed by atoms with Gasteiger partial charge in [-0.15, -0.1) is 0 Å². The second kappa shape index (κ2) is 13.9. The Labute approximate surface area is 220 Å². The van der Waals surface area contributed by atoms with Gasteiger partial charge in [-0.3, -0.25) is 19.3 Å². The minimum atomic E-state index is -1.24. The summed E-state index contributed by atoms with van der Waals surface area (Å²) in [7, 11) is 2.77. The largest absolute Gasteiger partial charge is 0.481 e. The molecule has 3 N–H and O–H groups in total. The normalized spacial score (nSPS) is 16.4. The van der Waals surface area contributed by atoms with Crippen molar-refractivity contribution in [3.63, 3.8) is 0 Å². The number of benzene rings is 1. The number of nitrogens with one attached hydrogen (secondary N) is 1. The van der Waals surface area contributed by atoms with E-state index >= 15 is 0 Å². The summed E-state index contributed by atoms with van der Waals surface area (Å²) in [6.45, 7) is 3.77. The molecule has 1 aromatic rings. The number of ether oxygens (including phenoxy) is 2. The number of nitrogens with zero attached hydrogens (tertiary/aromatic N) is 1. The van der Waals surface area contributed by atoms with Gasteiger partial charge in [-0.05, 0) is 32.0 Å². The van der Waals surface area contributed by atoms with Crippen molar-refractivity contribution in [2.75, 3.05) is 33.9 Å². The van der Waals surface area contributed by atoms with Crippen LogP contribution < -0.4 is 5.32 Å². The van der Waals surface area contributed by atoms with Crippen LogP contribution in [0.15, 0.2) is 46.8 Å². The van der Waals surface area contributed by atoms with Gasteiger partial charge in [0.05, 0.1) is 32.3 Å². The second-order valence-electron chi connectivity index (χ2n) is 8.66. The van der Waals surface area contributed by atoms with Crippen LogP contribution in [-0.2, 0) is 28.7 Å². The number of aliphatic carboxylic acids is 2. The van der Waals surface area contributed by atoms with Gasteiger partial charge in [-0.2, -0.15) is 0 Å². The standard InChI is InChI=1S/C26H33ClN2O8/c1-5-8-20(30)24-18(14-37-12-11-29(3)19(25(33)34)13-21(31)32)28-15(2)22(26(35)36-4)23(24)16-9-6-7-10-17(16)27/h6-7,9-10,19,23,28H,5,8,11-14H2,1-4H3,(H,31,32)(H,33,34). The molecular formula is C26H33ClN2O8. The lowest BCUT2D eigenvalue weighted by atomic mass is 9.78. The van der Waals surface area contributed by atoms with Crippen molar-refractivity contribution in [2.45, 2.75) is 45.1 Å². The molecule has 1 heterocycles. The number of esters is 1. The van der Waals surface area contributed by atoms with Gasteiger partial charge in [0.2, 0.25) is 0 Å². The lowest BCUT2D eigenvalue weighted by Crippen LogP contribution is -2.42. The Balaban J connectivity index is 2.38. The number of ketones is 1.